The molecule has 2 rings (SSSR count). The lowest BCUT2D eigenvalue weighted by atomic mass is 10.2. The van der Waals surface area contributed by atoms with Gasteiger partial charge in [0.25, 0.3) is 4.84 Å². The second-order valence-electron chi connectivity index (χ2n) is 2.96. The van der Waals surface area contributed by atoms with Crippen molar-refractivity contribution >= 4 is 12.2 Å². The molecule has 0 radical (unpaired) electrons. The molecule has 6 heteroatoms. The highest BCUT2D eigenvalue weighted by atomic mass is 32.1. The molecule has 1 heterocycles. The third-order valence-electron chi connectivity index (χ3n) is 1.91. The van der Waals surface area contributed by atoms with E-state index in [4.69, 9.17) is 16.6 Å². The van der Waals surface area contributed by atoms with Gasteiger partial charge < -0.3 is 14.1 Å². The zero-order valence-corrected chi connectivity index (χ0v) is 8.76. The Balaban J connectivity index is 2.22. The number of H-pyrrole nitrogens is 1. The van der Waals surface area contributed by atoms with Gasteiger partial charge in [0, 0.05) is 5.56 Å². The van der Waals surface area contributed by atoms with Crippen molar-refractivity contribution < 1.29 is 17.9 Å². The fourth-order valence-electron chi connectivity index (χ4n) is 1.24. The van der Waals surface area contributed by atoms with E-state index in [-0.39, 0.29) is 10.6 Å². The van der Waals surface area contributed by atoms with Crippen LogP contribution in [0.1, 0.15) is 0 Å². The molecular weight excluding hydrogens is 236 g/mol. The van der Waals surface area contributed by atoms with E-state index in [0.717, 1.165) is 5.56 Å². The zero-order chi connectivity index (χ0) is 11.5. The third kappa shape index (κ3) is 2.46. The Hall–Kier alpha value is -1.69. The lowest BCUT2D eigenvalue weighted by Gasteiger charge is -2.04. The number of rotatable bonds is 3. The second-order valence-corrected chi connectivity index (χ2v) is 3.34. The molecule has 0 amide bonds. The van der Waals surface area contributed by atoms with Gasteiger partial charge in [0.1, 0.15) is 12.0 Å². The Morgan fingerprint density at radius 1 is 1.25 bits per heavy atom. The lowest BCUT2D eigenvalue weighted by Crippen LogP contribution is -2.01. The van der Waals surface area contributed by atoms with Crippen molar-refractivity contribution in [3.8, 4) is 17.0 Å². The maximum Gasteiger partial charge on any atom is 0.387 e. The number of hydrogen-bond acceptors (Lipinski definition) is 3. The molecule has 1 N–H and O–H groups in total. The minimum atomic E-state index is -2.81. The molecule has 0 spiro atoms. The molecule has 0 fully saturated rings. The summed E-state index contributed by atoms with van der Waals surface area (Å²) in [6.07, 6.45) is 1.46. The summed E-state index contributed by atoms with van der Waals surface area (Å²) in [6.45, 7) is -2.81. The van der Waals surface area contributed by atoms with Crippen LogP contribution in [0.25, 0.3) is 11.3 Å². The van der Waals surface area contributed by atoms with Crippen LogP contribution in [0.5, 0.6) is 5.75 Å². The summed E-state index contributed by atoms with van der Waals surface area (Å²) >= 11 is 4.77. The lowest BCUT2D eigenvalue weighted by molar-refractivity contribution is -0.0498. The predicted molar refractivity (Wildman–Crippen MR) is 56.0 cm³/mol. The largest absolute Gasteiger partial charge is 0.437 e. The van der Waals surface area contributed by atoms with Gasteiger partial charge >= 0.3 is 6.61 Å². The number of aromatic nitrogens is 1. The number of benzene rings is 1. The first kappa shape index (κ1) is 10.8. The molecule has 16 heavy (non-hydrogen) atoms. The maximum absolute atomic E-state index is 11.9. The van der Waals surface area contributed by atoms with Gasteiger partial charge in [-0.1, -0.05) is 0 Å². The summed E-state index contributed by atoms with van der Waals surface area (Å²) in [5.41, 5.74) is 1.47. The number of alkyl halides is 2. The zero-order valence-electron chi connectivity index (χ0n) is 7.94. The van der Waals surface area contributed by atoms with Crippen LogP contribution in [0.15, 0.2) is 34.9 Å². The molecule has 0 aliphatic heterocycles. The first-order valence-corrected chi connectivity index (χ1v) is 4.79. The molecule has 0 unspecified atom stereocenters. The first-order valence-electron chi connectivity index (χ1n) is 4.38. The van der Waals surface area contributed by atoms with Crippen LogP contribution in [-0.4, -0.2) is 11.6 Å². The molecule has 2 aromatic rings. The summed E-state index contributed by atoms with van der Waals surface area (Å²) in [5, 5.41) is 0. The summed E-state index contributed by atoms with van der Waals surface area (Å²) < 4.78 is 32.9. The fourth-order valence-corrected chi connectivity index (χ4v) is 1.40. The van der Waals surface area contributed by atoms with Crippen molar-refractivity contribution in [3.63, 3.8) is 0 Å². The monoisotopic (exact) mass is 243 g/mol. The van der Waals surface area contributed by atoms with E-state index >= 15 is 0 Å². The van der Waals surface area contributed by atoms with E-state index in [1.54, 1.807) is 12.1 Å². The van der Waals surface area contributed by atoms with Crippen LogP contribution in [0.4, 0.5) is 8.78 Å². The minimum Gasteiger partial charge on any atom is -0.437 e. The van der Waals surface area contributed by atoms with Crippen LogP contribution in [-0.2, 0) is 0 Å². The number of aromatic amines is 1. The maximum atomic E-state index is 11.9. The first-order chi connectivity index (χ1) is 7.65. The van der Waals surface area contributed by atoms with Crippen LogP contribution in [0.2, 0.25) is 0 Å². The van der Waals surface area contributed by atoms with Crippen molar-refractivity contribution in [2.45, 2.75) is 6.61 Å². The van der Waals surface area contributed by atoms with Crippen LogP contribution in [0.3, 0.4) is 0 Å². The van der Waals surface area contributed by atoms with Crippen LogP contribution >= 0.6 is 12.2 Å². The van der Waals surface area contributed by atoms with Crippen molar-refractivity contribution in [2.75, 3.05) is 0 Å². The summed E-state index contributed by atoms with van der Waals surface area (Å²) in [7, 11) is 0. The number of halogens is 2. The Morgan fingerprint density at radius 3 is 2.44 bits per heavy atom. The Morgan fingerprint density at radius 2 is 1.94 bits per heavy atom. The molecule has 1 aromatic heterocycles. The number of nitrogens with one attached hydrogen (secondary N) is 1. The van der Waals surface area contributed by atoms with E-state index in [9.17, 15) is 8.78 Å². The molecule has 84 valence electrons. The number of ether oxygens (including phenoxy) is 1. The second kappa shape index (κ2) is 4.44. The van der Waals surface area contributed by atoms with Crippen molar-refractivity contribution in [1.82, 2.24) is 4.98 Å². The van der Waals surface area contributed by atoms with Gasteiger partial charge in [-0.2, -0.15) is 8.78 Å². The Kier molecular flexibility index (Phi) is 3.00. The molecule has 0 atom stereocenters. The molecular formula is C10H7F2NO2S. The smallest absolute Gasteiger partial charge is 0.387 e. The minimum absolute atomic E-state index is 0.112. The fraction of sp³-hybridized carbons (Fsp3) is 0.100. The van der Waals surface area contributed by atoms with Gasteiger partial charge in [0.15, 0.2) is 0 Å². The van der Waals surface area contributed by atoms with Gasteiger partial charge in [-0.05, 0) is 36.5 Å². The quantitative estimate of drug-likeness (QED) is 0.837. The SMILES string of the molecule is FC(F)Oc1ccc(-c2coc(=S)[nH]2)cc1. The summed E-state index contributed by atoms with van der Waals surface area (Å²) in [5.74, 6) is 0.112. The van der Waals surface area contributed by atoms with Crippen LogP contribution < -0.4 is 4.74 Å². The third-order valence-corrected chi connectivity index (χ3v) is 2.11. The molecule has 0 aliphatic carbocycles. The molecule has 0 saturated carbocycles. The van der Waals surface area contributed by atoms with Gasteiger partial charge in [0.2, 0.25) is 0 Å². The van der Waals surface area contributed by atoms with Gasteiger partial charge in [-0.15, -0.1) is 0 Å². The van der Waals surface area contributed by atoms with Crippen LogP contribution in [0, 0.1) is 4.84 Å². The van der Waals surface area contributed by atoms with E-state index < -0.39 is 6.61 Å². The van der Waals surface area contributed by atoms with Gasteiger partial charge in [-0.25, -0.2) is 0 Å². The highest BCUT2D eigenvalue weighted by molar-refractivity contribution is 7.71. The Labute approximate surface area is 94.7 Å². The number of oxazole rings is 1. The van der Waals surface area contributed by atoms with Crippen molar-refractivity contribution in [2.24, 2.45) is 0 Å². The van der Waals surface area contributed by atoms with E-state index in [0.29, 0.717) is 5.69 Å². The van der Waals surface area contributed by atoms with E-state index in [1.165, 1.54) is 18.4 Å². The van der Waals surface area contributed by atoms with E-state index in [1.807, 2.05) is 0 Å². The standard InChI is InChI=1S/C10H7F2NO2S/c11-9(12)15-7-3-1-6(2-4-7)8-5-14-10(16)13-8/h1-5,9H,(H,13,16). The molecule has 0 bridgehead atoms. The molecule has 3 nitrogen and oxygen atoms in total. The topological polar surface area (TPSA) is 38.2 Å². The molecule has 1 aromatic carbocycles. The average molecular weight is 243 g/mol. The molecule has 0 saturated heterocycles. The normalized spacial score (nSPS) is 10.7. The van der Waals surface area contributed by atoms with Crippen molar-refractivity contribution in [1.29, 1.82) is 0 Å². The number of hydrogen-bond donors (Lipinski definition) is 1. The highest BCUT2D eigenvalue weighted by Crippen LogP contribution is 2.21. The van der Waals surface area contributed by atoms with Gasteiger partial charge in [0.05, 0.1) is 5.69 Å². The van der Waals surface area contributed by atoms with Gasteiger partial charge in [-0.3, -0.25) is 0 Å². The Bertz CT molecular complexity index is 518. The van der Waals surface area contributed by atoms with Crippen molar-refractivity contribution in [3.05, 3.63) is 35.4 Å². The highest BCUT2D eigenvalue weighted by Gasteiger charge is 2.05. The molecule has 0 aliphatic rings. The summed E-state index contributed by atoms with van der Waals surface area (Å²) in [6, 6.07) is 6.17. The van der Waals surface area contributed by atoms with E-state index in [2.05, 4.69) is 9.72 Å². The average Bonchev–Trinajstić information content (AvgIpc) is 2.65. The summed E-state index contributed by atoms with van der Waals surface area (Å²) in [4.78, 5) is 3.08. The predicted octanol–water partition coefficient (Wildman–Crippen LogP) is 3.61.